The number of amides is 4. The van der Waals surface area contributed by atoms with Crippen molar-refractivity contribution in [1.82, 2.24) is 16.0 Å². The number of hydrogen-bond donors (Lipinski definition) is 7. The van der Waals surface area contributed by atoms with Crippen LogP contribution in [-0.4, -0.2) is 65.4 Å². The molecule has 4 atom stereocenters. The van der Waals surface area contributed by atoms with Gasteiger partial charge in [-0.25, -0.2) is 4.79 Å². The SMILES string of the molecule is C[C@H](NC(=O)[C@H](CCCCN)NC(=O)[C@@H](N)CC(N)=O)C(=O)N[C@@H](Cc1ccccc1)C(=O)O. The summed E-state index contributed by atoms with van der Waals surface area (Å²) in [5, 5.41) is 16.8. The van der Waals surface area contributed by atoms with Gasteiger partial charge in [0.25, 0.3) is 0 Å². The smallest absolute Gasteiger partial charge is 0.326 e. The summed E-state index contributed by atoms with van der Waals surface area (Å²) >= 11 is 0. The molecule has 0 radical (unpaired) electrons. The third kappa shape index (κ3) is 10.4. The fourth-order valence-electron chi connectivity index (χ4n) is 3.08. The predicted octanol–water partition coefficient (Wildman–Crippen LogP) is -1.88. The van der Waals surface area contributed by atoms with Gasteiger partial charge in [-0.1, -0.05) is 30.3 Å². The quantitative estimate of drug-likeness (QED) is 0.141. The van der Waals surface area contributed by atoms with E-state index in [9.17, 15) is 29.1 Å². The Bertz CT molecular complexity index is 850. The van der Waals surface area contributed by atoms with Gasteiger partial charge in [-0.2, -0.15) is 0 Å². The lowest BCUT2D eigenvalue weighted by molar-refractivity contribution is -0.142. The van der Waals surface area contributed by atoms with E-state index in [-0.39, 0.29) is 19.3 Å². The van der Waals surface area contributed by atoms with Gasteiger partial charge in [0.05, 0.1) is 12.5 Å². The van der Waals surface area contributed by atoms with E-state index in [1.54, 1.807) is 30.3 Å². The number of aliphatic carboxylic acids is 1. The maximum absolute atomic E-state index is 12.8. The van der Waals surface area contributed by atoms with E-state index >= 15 is 0 Å². The third-order valence-corrected chi connectivity index (χ3v) is 4.99. The van der Waals surface area contributed by atoms with Crippen LogP contribution in [-0.2, 0) is 30.4 Å². The molecule has 0 saturated heterocycles. The average Bonchev–Trinajstić information content (AvgIpc) is 2.77. The van der Waals surface area contributed by atoms with Gasteiger partial charge < -0.3 is 38.3 Å². The first-order valence-electron chi connectivity index (χ1n) is 11.0. The molecule has 12 nitrogen and oxygen atoms in total. The summed E-state index contributed by atoms with van der Waals surface area (Å²) in [5.74, 6) is -4.08. The maximum atomic E-state index is 12.8. The van der Waals surface area contributed by atoms with E-state index in [2.05, 4.69) is 16.0 Å². The summed E-state index contributed by atoms with van der Waals surface area (Å²) in [6.45, 7) is 1.78. The van der Waals surface area contributed by atoms with E-state index in [0.29, 0.717) is 19.4 Å². The standard InChI is InChI=1S/C22H34N6O6/c1-13(19(30)28-17(22(33)34)11-14-7-3-2-4-8-14)26-21(32)16(9-5-6-10-23)27-20(31)15(24)12-18(25)29/h2-4,7-8,13,15-17H,5-6,9-12,23-24H2,1H3,(H2,25,29)(H,26,32)(H,27,31)(H,28,30)(H,33,34)/t13-,15-,16-,17-/m0/s1. The summed E-state index contributed by atoms with van der Waals surface area (Å²) in [4.78, 5) is 60.2. The molecular weight excluding hydrogens is 444 g/mol. The summed E-state index contributed by atoms with van der Waals surface area (Å²) in [6.07, 6.45) is 1.01. The molecule has 0 aromatic heterocycles. The van der Waals surface area contributed by atoms with Crippen LogP contribution in [0.5, 0.6) is 0 Å². The highest BCUT2D eigenvalue weighted by Crippen LogP contribution is 2.05. The van der Waals surface area contributed by atoms with Gasteiger partial charge in [-0.15, -0.1) is 0 Å². The molecular formula is C22H34N6O6. The molecule has 188 valence electrons. The van der Waals surface area contributed by atoms with Crippen LogP contribution in [0.2, 0.25) is 0 Å². The Morgan fingerprint density at radius 2 is 1.53 bits per heavy atom. The van der Waals surface area contributed by atoms with Crippen molar-refractivity contribution in [2.24, 2.45) is 17.2 Å². The van der Waals surface area contributed by atoms with Crippen molar-refractivity contribution in [1.29, 1.82) is 0 Å². The molecule has 0 unspecified atom stereocenters. The summed E-state index contributed by atoms with van der Waals surface area (Å²) in [5.41, 5.74) is 16.9. The van der Waals surface area contributed by atoms with Gasteiger partial charge >= 0.3 is 5.97 Å². The van der Waals surface area contributed by atoms with Crippen LogP contribution < -0.4 is 33.2 Å². The number of nitrogens with one attached hydrogen (secondary N) is 3. The molecule has 1 rings (SSSR count). The Balaban J connectivity index is 2.78. The number of carbonyl (C=O) groups is 5. The lowest BCUT2D eigenvalue weighted by Crippen LogP contribution is -2.56. The van der Waals surface area contributed by atoms with Crippen LogP contribution >= 0.6 is 0 Å². The van der Waals surface area contributed by atoms with E-state index in [0.717, 1.165) is 5.56 Å². The second-order valence-corrected chi connectivity index (χ2v) is 7.94. The molecule has 0 aliphatic rings. The molecule has 0 bridgehead atoms. The Hall–Kier alpha value is -3.51. The number of carboxylic acids is 1. The number of carboxylic acid groups (broad SMARTS) is 1. The molecule has 4 amide bonds. The molecule has 0 heterocycles. The van der Waals surface area contributed by atoms with Crippen molar-refractivity contribution in [2.75, 3.05) is 6.54 Å². The number of benzene rings is 1. The van der Waals surface area contributed by atoms with Crippen LogP contribution in [0.3, 0.4) is 0 Å². The van der Waals surface area contributed by atoms with Crippen molar-refractivity contribution in [3.8, 4) is 0 Å². The summed E-state index contributed by atoms with van der Waals surface area (Å²) in [6, 6.07) is 4.25. The van der Waals surface area contributed by atoms with E-state index in [1.807, 2.05) is 0 Å². The van der Waals surface area contributed by atoms with Gasteiger partial charge in [-0.05, 0) is 38.3 Å². The minimum atomic E-state index is -1.22. The van der Waals surface area contributed by atoms with Gasteiger partial charge in [-0.3, -0.25) is 19.2 Å². The summed E-state index contributed by atoms with van der Waals surface area (Å²) in [7, 11) is 0. The second kappa shape index (κ2) is 14.6. The van der Waals surface area contributed by atoms with Crippen molar-refractivity contribution < 1.29 is 29.1 Å². The zero-order valence-electron chi connectivity index (χ0n) is 19.2. The van der Waals surface area contributed by atoms with E-state index < -0.39 is 53.8 Å². The molecule has 34 heavy (non-hydrogen) atoms. The van der Waals surface area contributed by atoms with Crippen molar-refractivity contribution in [2.45, 2.75) is 63.2 Å². The van der Waals surface area contributed by atoms with Gasteiger partial charge in [0, 0.05) is 6.42 Å². The largest absolute Gasteiger partial charge is 0.480 e. The fraction of sp³-hybridized carbons (Fsp3) is 0.500. The number of rotatable bonds is 15. The maximum Gasteiger partial charge on any atom is 0.326 e. The van der Waals surface area contributed by atoms with Gasteiger partial charge in [0.15, 0.2) is 0 Å². The topological polar surface area (TPSA) is 220 Å². The van der Waals surface area contributed by atoms with Crippen LogP contribution in [0.15, 0.2) is 30.3 Å². The molecule has 0 saturated carbocycles. The first-order chi connectivity index (χ1) is 16.0. The zero-order chi connectivity index (χ0) is 25.7. The van der Waals surface area contributed by atoms with Crippen LogP contribution in [0.1, 0.15) is 38.2 Å². The Kier molecular flexibility index (Phi) is 12.2. The lowest BCUT2D eigenvalue weighted by Gasteiger charge is -2.23. The average molecular weight is 479 g/mol. The van der Waals surface area contributed by atoms with Crippen LogP contribution in [0, 0.1) is 0 Å². The minimum absolute atomic E-state index is 0.0676. The lowest BCUT2D eigenvalue weighted by atomic mass is 10.1. The second-order valence-electron chi connectivity index (χ2n) is 7.94. The highest BCUT2D eigenvalue weighted by Gasteiger charge is 2.28. The fourth-order valence-corrected chi connectivity index (χ4v) is 3.08. The third-order valence-electron chi connectivity index (χ3n) is 4.99. The number of unbranched alkanes of at least 4 members (excludes halogenated alkanes) is 1. The minimum Gasteiger partial charge on any atom is -0.480 e. The molecule has 0 spiro atoms. The van der Waals surface area contributed by atoms with E-state index in [4.69, 9.17) is 17.2 Å². The zero-order valence-corrected chi connectivity index (χ0v) is 19.2. The van der Waals surface area contributed by atoms with Gasteiger partial charge in [0.2, 0.25) is 23.6 Å². The highest BCUT2D eigenvalue weighted by molar-refractivity contribution is 5.94. The number of carbonyl (C=O) groups excluding carboxylic acids is 4. The first kappa shape index (κ1) is 28.5. The van der Waals surface area contributed by atoms with E-state index in [1.165, 1.54) is 6.92 Å². The Morgan fingerprint density at radius 3 is 2.09 bits per heavy atom. The normalized spacial score (nSPS) is 14.2. The van der Waals surface area contributed by atoms with Crippen LogP contribution in [0.4, 0.5) is 0 Å². The van der Waals surface area contributed by atoms with Crippen LogP contribution in [0.25, 0.3) is 0 Å². The summed E-state index contributed by atoms with van der Waals surface area (Å²) < 4.78 is 0. The molecule has 0 fully saturated rings. The molecule has 1 aromatic carbocycles. The van der Waals surface area contributed by atoms with Crippen molar-refractivity contribution in [3.63, 3.8) is 0 Å². The molecule has 12 heteroatoms. The number of hydrogen-bond acceptors (Lipinski definition) is 7. The van der Waals surface area contributed by atoms with Crippen molar-refractivity contribution >= 4 is 29.6 Å². The van der Waals surface area contributed by atoms with Crippen molar-refractivity contribution in [3.05, 3.63) is 35.9 Å². The molecule has 0 aliphatic heterocycles. The Labute approximate surface area is 198 Å². The molecule has 1 aromatic rings. The number of primary amides is 1. The Morgan fingerprint density at radius 1 is 0.912 bits per heavy atom. The predicted molar refractivity (Wildman–Crippen MR) is 124 cm³/mol. The first-order valence-corrected chi connectivity index (χ1v) is 11.0. The molecule has 10 N–H and O–H groups in total. The highest BCUT2D eigenvalue weighted by atomic mass is 16.4. The number of nitrogens with two attached hydrogens (primary N) is 3. The molecule has 0 aliphatic carbocycles. The monoisotopic (exact) mass is 478 g/mol. The van der Waals surface area contributed by atoms with Gasteiger partial charge in [0.1, 0.15) is 18.1 Å².